The van der Waals surface area contributed by atoms with Crippen LogP contribution in [0.15, 0.2) is 24.3 Å². The lowest BCUT2D eigenvalue weighted by molar-refractivity contribution is 0.685. The number of terminal acetylenes is 1. The van der Waals surface area contributed by atoms with Crippen LogP contribution in [0.5, 0.6) is 0 Å². The maximum absolute atomic E-state index is 4.79. The van der Waals surface area contributed by atoms with Crippen LogP contribution in [0.25, 0.3) is 0 Å². The first kappa shape index (κ1) is 10.8. The van der Waals surface area contributed by atoms with Gasteiger partial charge in [-0.1, -0.05) is 30.2 Å². The Hall–Kier alpha value is -1.26. The first-order chi connectivity index (χ1) is 6.88. The molecule has 1 aliphatic carbocycles. The van der Waals surface area contributed by atoms with E-state index in [-0.39, 0.29) is 0 Å². The summed E-state index contributed by atoms with van der Waals surface area (Å²) in [6.45, 7) is 0.347. The fraction of sp³-hybridized carbons (Fsp3) is 0.385. The van der Waals surface area contributed by atoms with Crippen molar-refractivity contribution in [2.75, 3.05) is 6.54 Å². The molecule has 0 aromatic heterocycles. The Kier molecular flexibility index (Phi) is 4.82. The Morgan fingerprint density at radius 2 is 1.57 bits per heavy atom. The number of fused-ring (bicyclic) bond motifs is 1. The van der Waals surface area contributed by atoms with Gasteiger partial charge in [-0.15, -0.1) is 6.42 Å². The van der Waals surface area contributed by atoms with Crippen LogP contribution in [0, 0.1) is 12.3 Å². The number of aryl methyl sites for hydroxylation is 2. The predicted molar refractivity (Wildman–Crippen MR) is 61.0 cm³/mol. The van der Waals surface area contributed by atoms with E-state index in [1.54, 1.807) is 11.1 Å². The monoisotopic (exact) mass is 187 g/mol. The van der Waals surface area contributed by atoms with Crippen LogP contribution in [0.1, 0.15) is 24.0 Å². The van der Waals surface area contributed by atoms with E-state index in [9.17, 15) is 0 Å². The van der Waals surface area contributed by atoms with Gasteiger partial charge in [0.05, 0.1) is 6.54 Å². The van der Waals surface area contributed by atoms with Crippen molar-refractivity contribution in [3.8, 4) is 12.3 Å². The second kappa shape index (κ2) is 6.23. The topological polar surface area (TPSA) is 26.0 Å². The summed E-state index contributed by atoms with van der Waals surface area (Å²) in [6, 6.07) is 8.80. The summed E-state index contributed by atoms with van der Waals surface area (Å²) in [5, 5.41) is 0. The van der Waals surface area contributed by atoms with E-state index in [0.717, 1.165) is 0 Å². The van der Waals surface area contributed by atoms with E-state index in [1.165, 1.54) is 25.7 Å². The SMILES string of the molecule is C#CCN.c1ccc2c(c1)CCCC2. The normalized spacial score (nSPS) is 13.1. The minimum Gasteiger partial charge on any atom is -0.320 e. The molecule has 0 amide bonds. The minimum absolute atomic E-state index is 0.347. The molecule has 14 heavy (non-hydrogen) atoms. The Balaban J connectivity index is 0.000000213. The summed E-state index contributed by atoms with van der Waals surface area (Å²) < 4.78 is 0. The van der Waals surface area contributed by atoms with Crippen molar-refractivity contribution in [3.05, 3.63) is 35.4 Å². The molecule has 1 aromatic carbocycles. The number of rotatable bonds is 0. The zero-order valence-electron chi connectivity index (χ0n) is 8.50. The number of hydrogen-bond donors (Lipinski definition) is 1. The van der Waals surface area contributed by atoms with Crippen molar-refractivity contribution < 1.29 is 0 Å². The van der Waals surface area contributed by atoms with Gasteiger partial charge >= 0.3 is 0 Å². The predicted octanol–water partition coefficient (Wildman–Crippen LogP) is 2.14. The summed E-state index contributed by atoms with van der Waals surface area (Å²) in [6.07, 6.45) is 10.0. The highest BCUT2D eigenvalue weighted by Gasteiger charge is 2.05. The molecule has 0 aliphatic heterocycles. The first-order valence-electron chi connectivity index (χ1n) is 5.08. The van der Waals surface area contributed by atoms with Gasteiger partial charge in [0.25, 0.3) is 0 Å². The lowest BCUT2D eigenvalue weighted by atomic mass is 9.92. The van der Waals surface area contributed by atoms with Crippen LogP contribution in [0.4, 0.5) is 0 Å². The van der Waals surface area contributed by atoms with Gasteiger partial charge in [-0.25, -0.2) is 0 Å². The molecule has 0 atom stereocenters. The van der Waals surface area contributed by atoms with Crippen LogP contribution in [-0.4, -0.2) is 6.54 Å². The van der Waals surface area contributed by atoms with Gasteiger partial charge in [-0.2, -0.15) is 0 Å². The second-order valence-corrected chi connectivity index (χ2v) is 3.38. The van der Waals surface area contributed by atoms with E-state index in [2.05, 4.69) is 36.6 Å². The van der Waals surface area contributed by atoms with Gasteiger partial charge in [0.1, 0.15) is 0 Å². The zero-order valence-corrected chi connectivity index (χ0v) is 8.50. The molecule has 0 radical (unpaired) electrons. The molecule has 0 heterocycles. The molecule has 0 fully saturated rings. The highest BCUT2D eigenvalue weighted by molar-refractivity contribution is 5.28. The van der Waals surface area contributed by atoms with Gasteiger partial charge < -0.3 is 5.73 Å². The standard InChI is InChI=1S/C10H12.C3H5N/c1-2-6-10-8-4-3-7-9(10)5-1;1-2-3-4/h1-2,5-6H,3-4,7-8H2;1H,3-4H2. The molecule has 1 nitrogen and oxygen atoms in total. The Bertz CT molecular complexity index is 284. The van der Waals surface area contributed by atoms with Crippen LogP contribution in [-0.2, 0) is 12.8 Å². The van der Waals surface area contributed by atoms with Crippen molar-refractivity contribution in [2.45, 2.75) is 25.7 Å². The first-order valence-corrected chi connectivity index (χ1v) is 5.08. The fourth-order valence-electron chi connectivity index (χ4n) is 1.68. The molecule has 0 spiro atoms. The third kappa shape index (κ3) is 3.24. The molecule has 1 heteroatoms. The van der Waals surface area contributed by atoms with Gasteiger partial charge in [0.15, 0.2) is 0 Å². The molecule has 0 unspecified atom stereocenters. The molecule has 0 saturated carbocycles. The van der Waals surface area contributed by atoms with E-state index >= 15 is 0 Å². The van der Waals surface area contributed by atoms with Crippen LogP contribution < -0.4 is 5.73 Å². The maximum Gasteiger partial charge on any atom is 0.0548 e. The molecule has 1 aliphatic rings. The van der Waals surface area contributed by atoms with Crippen molar-refractivity contribution in [3.63, 3.8) is 0 Å². The maximum atomic E-state index is 4.79. The highest BCUT2D eigenvalue weighted by Crippen LogP contribution is 2.19. The van der Waals surface area contributed by atoms with Crippen LogP contribution in [0.2, 0.25) is 0 Å². The summed E-state index contributed by atoms with van der Waals surface area (Å²) in [7, 11) is 0. The van der Waals surface area contributed by atoms with Crippen molar-refractivity contribution in [2.24, 2.45) is 5.73 Å². The van der Waals surface area contributed by atoms with E-state index < -0.39 is 0 Å². The van der Waals surface area contributed by atoms with Gasteiger partial charge in [-0.05, 0) is 36.8 Å². The van der Waals surface area contributed by atoms with Crippen LogP contribution in [0.3, 0.4) is 0 Å². The highest BCUT2D eigenvalue weighted by atomic mass is 14.5. The smallest absolute Gasteiger partial charge is 0.0548 e. The van der Waals surface area contributed by atoms with Crippen molar-refractivity contribution in [1.82, 2.24) is 0 Å². The zero-order chi connectivity index (χ0) is 10.2. The van der Waals surface area contributed by atoms with Crippen molar-refractivity contribution >= 4 is 0 Å². The third-order valence-corrected chi connectivity index (χ3v) is 2.38. The van der Waals surface area contributed by atoms with Gasteiger partial charge in [-0.3, -0.25) is 0 Å². The number of benzene rings is 1. The largest absolute Gasteiger partial charge is 0.320 e. The molecular weight excluding hydrogens is 170 g/mol. The average Bonchev–Trinajstić information content (AvgIpc) is 2.30. The quantitative estimate of drug-likeness (QED) is 0.619. The lowest BCUT2D eigenvalue weighted by Gasteiger charge is -2.13. The summed E-state index contributed by atoms with van der Waals surface area (Å²) in [4.78, 5) is 0. The Morgan fingerprint density at radius 1 is 1.14 bits per heavy atom. The lowest BCUT2D eigenvalue weighted by Crippen LogP contribution is -2.00. The average molecular weight is 187 g/mol. The summed E-state index contributed by atoms with van der Waals surface area (Å²) in [5.41, 5.74) is 7.95. The summed E-state index contributed by atoms with van der Waals surface area (Å²) >= 11 is 0. The molecule has 2 N–H and O–H groups in total. The second-order valence-electron chi connectivity index (χ2n) is 3.38. The van der Waals surface area contributed by atoms with Crippen LogP contribution >= 0.6 is 0 Å². The molecule has 74 valence electrons. The molecule has 1 aromatic rings. The summed E-state index contributed by atoms with van der Waals surface area (Å²) in [5.74, 6) is 2.21. The van der Waals surface area contributed by atoms with Gasteiger partial charge in [0, 0.05) is 0 Å². The van der Waals surface area contributed by atoms with E-state index in [4.69, 9.17) is 5.73 Å². The molecular formula is C13H17N. The minimum atomic E-state index is 0.347. The number of nitrogens with two attached hydrogens (primary N) is 1. The number of hydrogen-bond acceptors (Lipinski definition) is 1. The Labute approximate surface area is 86.3 Å². The van der Waals surface area contributed by atoms with Gasteiger partial charge in [0.2, 0.25) is 0 Å². The van der Waals surface area contributed by atoms with Crippen molar-refractivity contribution in [1.29, 1.82) is 0 Å². The molecule has 2 rings (SSSR count). The third-order valence-electron chi connectivity index (χ3n) is 2.38. The van der Waals surface area contributed by atoms with E-state index in [0.29, 0.717) is 6.54 Å². The Morgan fingerprint density at radius 3 is 1.93 bits per heavy atom. The fourth-order valence-corrected chi connectivity index (χ4v) is 1.68. The van der Waals surface area contributed by atoms with E-state index in [1.807, 2.05) is 0 Å². The molecule has 0 saturated heterocycles. The molecule has 0 bridgehead atoms.